The van der Waals surface area contributed by atoms with Crippen molar-refractivity contribution in [2.75, 3.05) is 0 Å². The van der Waals surface area contributed by atoms with Gasteiger partial charge in [0.1, 0.15) is 17.2 Å². The number of hydrogen-bond acceptors (Lipinski definition) is 3. The largest absolute Gasteiger partial charge is 0.339 e. The van der Waals surface area contributed by atoms with E-state index in [1.54, 1.807) is 11.3 Å². The summed E-state index contributed by atoms with van der Waals surface area (Å²) in [6.45, 7) is 1.84. The number of imidazole rings is 1. The molecule has 0 unspecified atom stereocenters. The number of nitrogens with zero attached hydrogens (tertiary/aromatic N) is 1. The van der Waals surface area contributed by atoms with E-state index in [9.17, 15) is 4.79 Å². The molecule has 66 valence electrons. The molecule has 4 heteroatoms. The van der Waals surface area contributed by atoms with Crippen LogP contribution in [0.25, 0.3) is 10.6 Å². The summed E-state index contributed by atoms with van der Waals surface area (Å²) in [5, 5.41) is 1.97. The van der Waals surface area contributed by atoms with Gasteiger partial charge in [-0.2, -0.15) is 0 Å². The fraction of sp³-hybridized carbons (Fsp3) is 0.111. The number of thiophene rings is 1. The van der Waals surface area contributed by atoms with Gasteiger partial charge in [-0.3, -0.25) is 4.79 Å². The van der Waals surface area contributed by atoms with E-state index in [0.717, 1.165) is 22.7 Å². The Morgan fingerprint density at radius 3 is 3.08 bits per heavy atom. The highest BCUT2D eigenvalue weighted by molar-refractivity contribution is 7.13. The third kappa shape index (κ3) is 1.40. The molecule has 0 aliphatic rings. The number of nitrogens with one attached hydrogen (secondary N) is 1. The van der Waals surface area contributed by atoms with Crippen LogP contribution in [0.1, 0.15) is 16.3 Å². The van der Waals surface area contributed by atoms with Crippen molar-refractivity contribution >= 4 is 17.6 Å². The van der Waals surface area contributed by atoms with E-state index in [1.807, 2.05) is 24.4 Å². The van der Waals surface area contributed by atoms with E-state index in [4.69, 9.17) is 0 Å². The molecular weight excluding hydrogens is 184 g/mol. The highest BCUT2D eigenvalue weighted by Crippen LogP contribution is 2.25. The van der Waals surface area contributed by atoms with Crippen LogP contribution in [-0.4, -0.2) is 16.3 Å². The molecule has 0 spiro atoms. The van der Waals surface area contributed by atoms with Crippen LogP contribution in [0, 0.1) is 6.92 Å². The van der Waals surface area contributed by atoms with Gasteiger partial charge < -0.3 is 4.98 Å². The second-order valence-electron chi connectivity index (χ2n) is 2.68. The summed E-state index contributed by atoms with van der Waals surface area (Å²) in [6.07, 6.45) is 0.801. The van der Waals surface area contributed by atoms with E-state index < -0.39 is 0 Å². The molecule has 0 atom stereocenters. The van der Waals surface area contributed by atoms with Crippen molar-refractivity contribution in [2.24, 2.45) is 0 Å². The molecule has 0 saturated heterocycles. The van der Waals surface area contributed by atoms with E-state index >= 15 is 0 Å². The predicted molar refractivity (Wildman–Crippen MR) is 52.0 cm³/mol. The topological polar surface area (TPSA) is 45.8 Å². The van der Waals surface area contributed by atoms with E-state index in [0.29, 0.717) is 5.69 Å². The van der Waals surface area contributed by atoms with Gasteiger partial charge in [0, 0.05) is 0 Å². The standard InChI is InChI=1S/C9H8N2OS/c1-6-10-7(5-12)9(11-6)8-3-2-4-13-8/h2-5H,1H3,(H,10,11). The van der Waals surface area contributed by atoms with Crippen LogP contribution in [0.2, 0.25) is 0 Å². The monoisotopic (exact) mass is 192 g/mol. The van der Waals surface area contributed by atoms with Gasteiger partial charge in [0.05, 0.1) is 4.88 Å². The van der Waals surface area contributed by atoms with E-state index in [1.165, 1.54) is 0 Å². The van der Waals surface area contributed by atoms with Crippen LogP contribution in [0.4, 0.5) is 0 Å². The number of aromatic nitrogens is 2. The zero-order valence-corrected chi connectivity index (χ0v) is 7.89. The molecule has 13 heavy (non-hydrogen) atoms. The molecule has 0 radical (unpaired) electrons. The van der Waals surface area contributed by atoms with Gasteiger partial charge in [-0.1, -0.05) is 6.07 Å². The van der Waals surface area contributed by atoms with Crippen LogP contribution in [0.3, 0.4) is 0 Å². The highest BCUT2D eigenvalue weighted by Gasteiger charge is 2.09. The molecule has 2 heterocycles. The Kier molecular flexibility index (Phi) is 1.98. The van der Waals surface area contributed by atoms with Gasteiger partial charge in [-0.15, -0.1) is 11.3 Å². The maximum absolute atomic E-state index is 10.7. The van der Waals surface area contributed by atoms with Crippen molar-refractivity contribution in [3.63, 3.8) is 0 Å². The zero-order valence-electron chi connectivity index (χ0n) is 7.07. The van der Waals surface area contributed by atoms with E-state index in [2.05, 4.69) is 9.97 Å². The molecule has 3 nitrogen and oxygen atoms in total. The van der Waals surface area contributed by atoms with Gasteiger partial charge in [-0.05, 0) is 18.4 Å². The third-order valence-electron chi connectivity index (χ3n) is 1.72. The van der Waals surface area contributed by atoms with Crippen LogP contribution >= 0.6 is 11.3 Å². The summed E-state index contributed by atoms with van der Waals surface area (Å²) >= 11 is 1.58. The molecule has 0 amide bonds. The quantitative estimate of drug-likeness (QED) is 0.742. The first-order chi connectivity index (χ1) is 6.31. The lowest BCUT2D eigenvalue weighted by molar-refractivity contribution is 0.112. The number of carbonyl (C=O) groups excluding carboxylic acids is 1. The number of H-pyrrole nitrogens is 1. The maximum Gasteiger partial charge on any atom is 0.168 e. The first kappa shape index (κ1) is 8.19. The summed E-state index contributed by atoms with van der Waals surface area (Å²) in [6, 6.07) is 3.89. The Morgan fingerprint density at radius 1 is 1.62 bits per heavy atom. The number of hydrogen-bond donors (Lipinski definition) is 1. The number of carbonyl (C=O) groups is 1. The number of aromatic amines is 1. The molecular formula is C9H8N2OS. The van der Waals surface area contributed by atoms with Gasteiger partial charge in [0.25, 0.3) is 0 Å². The Morgan fingerprint density at radius 2 is 2.46 bits per heavy atom. The molecule has 0 aliphatic heterocycles. The van der Waals surface area contributed by atoms with Crippen LogP contribution in [0.5, 0.6) is 0 Å². The summed E-state index contributed by atoms with van der Waals surface area (Å²) in [4.78, 5) is 18.8. The Hall–Kier alpha value is -1.42. The molecule has 2 aromatic rings. The smallest absolute Gasteiger partial charge is 0.168 e. The predicted octanol–water partition coefficient (Wildman–Crippen LogP) is 2.26. The average molecular weight is 192 g/mol. The second-order valence-corrected chi connectivity index (χ2v) is 3.63. The molecule has 0 saturated carbocycles. The third-order valence-corrected chi connectivity index (χ3v) is 2.60. The Labute approximate surface area is 79.4 Å². The van der Waals surface area contributed by atoms with E-state index in [-0.39, 0.29) is 0 Å². The minimum atomic E-state index is 0.556. The van der Waals surface area contributed by atoms with Crippen molar-refractivity contribution < 1.29 is 4.79 Å². The minimum Gasteiger partial charge on any atom is -0.339 e. The Balaban J connectivity index is 2.56. The lowest BCUT2D eigenvalue weighted by Gasteiger charge is -1.89. The number of aldehydes is 1. The fourth-order valence-corrected chi connectivity index (χ4v) is 1.92. The van der Waals surface area contributed by atoms with Crippen molar-refractivity contribution in [1.29, 1.82) is 0 Å². The fourth-order valence-electron chi connectivity index (χ4n) is 1.20. The molecule has 0 bridgehead atoms. The van der Waals surface area contributed by atoms with Crippen molar-refractivity contribution in [1.82, 2.24) is 9.97 Å². The first-order valence-corrected chi connectivity index (χ1v) is 4.75. The van der Waals surface area contributed by atoms with Crippen LogP contribution in [-0.2, 0) is 0 Å². The highest BCUT2D eigenvalue weighted by atomic mass is 32.1. The molecule has 1 N–H and O–H groups in total. The van der Waals surface area contributed by atoms with Gasteiger partial charge in [0.2, 0.25) is 0 Å². The Bertz CT molecular complexity index is 417. The molecule has 0 aromatic carbocycles. The summed E-state index contributed by atoms with van der Waals surface area (Å²) in [5.41, 5.74) is 1.31. The second kappa shape index (κ2) is 3.14. The minimum absolute atomic E-state index is 0.556. The lowest BCUT2D eigenvalue weighted by Crippen LogP contribution is -1.82. The lowest BCUT2D eigenvalue weighted by atomic mass is 10.3. The van der Waals surface area contributed by atoms with Crippen molar-refractivity contribution in [3.05, 3.63) is 29.0 Å². The van der Waals surface area contributed by atoms with Crippen molar-refractivity contribution in [3.8, 4) is 10.6 Å². The molecule has 0 aliphatic carbocycles. The summed E-state index contributed by atoms with van der Waals surface area (Å²) in [7, 11) is 0. The average Bonchev–Trinajstić information content (AvgIpc) is 2.71. The first-order valence-electron chi connectivity index (χ1n) is 3.87. The molecule has 0 fully saturated rings. The summed E-state index contributed by atoms with van der Waals surface area (Å²) in [5.74, 6) is 0.769. The maximum atomic E-state index is 10.7. The number of aryl methyl sites for hydroxylation is 1. The van der Waals surface area contributed by atoms with Gasteiger partial charge in [-0.25, -0.2) is 4.98 Å². The van der Waals surface area contributed by atoms with Crippen LogP contribution < -0.4 is 0 Å². The van der Waals surface area contributed by atoms with Gasteiger partial charge in [0.15, 0.2) is 6.29 Å². The molecule has 2 rings (SSSR count). The van der Waals surface area contributed by atoms with Crippen molar-refractivity contribution in [2.45, 2.75) is 6.92 Å². The number of rotatable bonds is 2. The van der Waals surface area contributed by atoms with Gasteiger partial charge >= 0.3 is 0 Å². The molecule has 2 aromatic heterocycles. The normalized spacial score (nSPS) is 10.2. The zero-order chi connectivity index (χ0) is 9.26. The van der Waals surface area contributed by atoms with Crippen LogP contribution in [0.15, 0.2) is 17.5 Å². The SMILES string of the molecule is Cc1nc(-c2cccs2)c(C=O)[nH]1. The summed E-state index contributed by atoms with van der Waals surface area (Å²) < 4.78 is 0.